The third kappa shape index (κ3) is 11.0. The molecule has 1 aliphatic carbocycles. The van der Waals surface area contributed by atoms with Crippen molar-refractivity contribution in [2.75, 3.05) is 51.3 Å². The Morgan fingerprint density at radius 1 is 0.783 bits per heavy atom. The zero-order chi connectivity index (χ0) is 43.2. The number of methoxy groups -OCH3 is 1. The number of hydrogen-bond acceptors (Lipinski definition) is 8. The number of nitrogens with one attached hydrogen (secondary N) is 1. The molecule has 0 aromatic heterocycles. The van der Waals surface area contributed by atoms with E-state index in [0.29, 0.717) is 35.3 Å². The van der Waals surface area contributed by atoms with Gasteiger partial charge in [0.05, 0.1) is 13.2 Å². The highest BCUT2D eigenvalue weighted by molar-refractivity contribution is 6.10. The van der Waals surface area contributed by atoms with Gasteiger partial charge in [-0.3, -0.25) is 19.2 Å². The van der Waals surface area contributed by atoms with Gasteiger partial charge in [0.15, 0.2) is 0 Å². The highest BCUT2D eigenvalue weighted by atomic mass is 16.5. The van der Waals surface area contributed by atoms with Crippen molar-refractivity contribution in [1.82, 2.24) is 14.8 Å². The van der Waals surface area contributed by atoms with E-state index in [1.54, 1.807) is 11.0 Å². The molecule has 0 bridgehead atoms. The summed E-state index contributed by atoms with van der Waals surface area (Å²) in [4.78, 5) is 57.9. The van der Waals surface area contributed by atoms with Gasteiger partial charge in [-0.05, 0) is 81.8 Å². The standard InChI is InChI=1S/C49H60N4O7/c1-8-51(9-2)36-25-27-40-42(31-36)60-43-32-37(52(10-3)11-4)26-28-41(43)46(40)38-21-15-16-22-39(38)49(57)53(30-18-24-44(54)58-7)47(34(5)6)48(56)50-29-17-23-45(55)59-33-35-19-13-12-14-20-35/h12-16,19-22,25-28,31-32,34,47H,8-11,17-18,23-24,29-30,33H2,1-7H3/p+1. The minimum Gasteiger partial charge on any atom is -0.469 e. The minimum absolute atomic E-state index is 0.0820. The Hall–Kier alpha value is -5.97. The summed E-state index contributed by atoms with van der Waals surface area (Å²) >= 11 is 0. The molecule has 3 aromatic carbocycles. The smallest absolute Gasteiger partial charge is 0.306 e. The Labute approximate surface area is 354 Å². The third-order valence-corrected chi connectivity index (χ3v) is 11.0. The molecule has 318 valence electrons. The van der Waals surface area contributed by atoms with Gasteiger partial charge in [0.25, 0.3) is 5.91 Å². The molecular weight excluding hydrogens is 757 g/mol. The number of ether oxygens (including phenoxy) is 2. The lowest BCUT2D eigenvalue weighted by Crippen LogP contribution is -2.53. The molecule has 1 N–H and O–H groups in total. The third-order valence-electron chi connectivity index (χ3n) is 11.0. The molecule has 3 aromatic rings. The van der Waals surface area contributed by atoms with E-state index < -0.39 is 12.0 Å². The Morgan fingerprint density at radius 2 is 1.48 bits per heavy atom. The first-order chi connectivity index (χ1) is 29.0. The number of amides is 2. The first kappa shape index (κ1) is 45.1. The summed E-state index contributed by atoms with van der Waals surface area (Å²) in [6, 6.07) is 28.6. The lowest BCUT2D eigenvalue weighted by molar-refractivity contribution is -0.145. The average molecular weight is 818 g/mol. The summed E-state index contributed by atoms with van der Waals surface area (Å²) in [6.45, 7) is 16.2. The van der Waals surface area contributed by atoms with E-state index in [1.807, 2.05) is 62.4 Å². The Bertz CT molecular complexity index is 2270. The van der Waals surface area contributed by atoms with Crippen molar-refractivity contribution in [3.63, 3.8) is 0 Å². The molecule has 5 rings (SSSR count). The van der Waals surface area contributed by atoms with Crippen LogP contribution < -0.4 is 20.1 Å². The van der Waals surface area contributed by atoms with Crippen LogP contribution in [-0.4, -0.2) is 81.1 Å². The fraction of sp³-hybridized carbons (Fsp3) is 0.408. The normalized spacial score (nSPS) is 11.7. The number of fused-ring (bicyclic) bond motifs is 2. The summed E-state index contributed by atoms with van der Waals surface area (Å²) in [5.74, 6) is -1.02. The van der Waals surface area contributed by atoms with Crippen LogP contribution in [0.25, 0.3) is 33.4 Å². The van der Waals surface area contributed by atoms with Crippen LogP contribution in [-0.2, 0) is 30.5 Å². The van der Waals surface area contributed by atoms with Crippen LogP contribution >= 0.6 is 0 Å². The molecule has 0 saturated heterocycles. The van der Waals surface area contributed by atoms with E-state index in [-0.39, 0.29) is 56.2 Å². The number of hydrogen-bond donors (Lipinski definition) is 1. The molecule has 0 saturated carbocycles. The molecule has 0 fully saturated rings. The van der Waals surface area contributed by atoms with Gasteiger partial charge in [0, 0.05) is 78.9 Å². The highest BCUT2D eigenvalue weighted by Crippen LogP contribution is 2.42. The topological polar surface area (TPSA) is 121 Å². The number of nitrogens with zero attached hydrogens (tertiary/aromatic N) is 3. The molecule has 0 spiro atoms. The number of rotatable bonds is 20. The van der Waals surface area contributed by atoms with Gasteiger partial charge in [0.2, 0.25) is 11.3 Å². The van der Waals surface area contributed by atoms with Crippen molar-refractivity contribution < 1.29 is 33.1 Å². The van der Waals surface area contributed by atoms with Crippen LogP contribution in [0.1, 0.15) is 83.1 Å². The number of esters is 2. The number of benzene rings is 4. The summed E-state index contributed by atoms with van der Waals surface area (Å²) < 4.78 is 19.3. The zero-order valence-electron chi connectivity index (χ0n) is 36.3. The maximum absolute atomic E-state index is 15.2. The van der Waals surface area contributed by atoms with Gasteiger partial charge in [-0.1, -0.05) is 62.4 Å². The monoisotopic (exact) mass is 817 g/mol. The van der Waals surface area contributed by atoms with E-state index in [9.17, 15) is 14.4 Å². The average Bonchev–Trinajstić information content (AvgIpc) is 3.26. The van der Waals surface area contributed by atoms with Crippen molar-refractivity contribution in [1.29, 1.82) is 0 Å². The van der Waals surface area contributed by atoms with Gasteiger partial charge in [0.1, 0.15) is 37.1 Å². The minimum atomic E-state index is -0.874. The van der Waals surface area contributed by atoms with Crippen molar-refractivity contribution >= 4 is 40.4 Å². The summed E-state index contributed by atoms with van der Waals surface area (Å²) in [6.07, 6.45) is 0.878. The predicted molar refractivity (Wildman–Crippen MR) is 238 cm³/mol. The van der Waals surface area contributed by atoms with Gasteiger partial charge >= 0.3 is 11.9 Å². The first-order valence-corrected chi connectivity index (χ1v) is 21.3. The number of anilines is 1. The highest BCUT2D eigenvalue weighted by Gasteiger charge is 2.34. The summed E-state index contributed by atoms with van der Waals surface area (Å²) in [7, 11) is 1.33. The number of carbonyl (C=O) groups excluding carboxylic acids is 4. The maximum atomic E-state index is 15.2. The van der Waals surface area contributed by atoms with E-state index >= 15 is 4.79 Å². The quantitative estimate of drug-likeness (QED) is 0.0364. The van der Waals surface area contributed by atoms with Crippen LogP contribution in [0.3, 0.4) is 0 Å². The molecule has 0 radical (unpaired) electrons. The molecular formula is C49H61N4O7+. The van der Waals surface area contributed by atoms with E-state index in [0.717, 1.165) is 59.3 Å². The SMILES string of the molecule is CCN(CC)c1ccc2c(-c3ccccc3C(=O)N(CCCC(=O)OC)C(C(=O)NCCCC(=O)OCc3ccccc3)C(C)C)c3ccc(=[N+](CC)CC)cc-3oc2c1. The van der Waals surface area contributed by atoms with Crippen LogP contribution in [0.4, 0.5) is 5.69 Å². The molecule has 1 heterocycles. The number of carbonyl (C=O) groups is 4. The summed E-state index contributed by atoms with van der Waals surface area (Å²) in [5.41, 5.74) is 5.46. The van der Waals surface area contributed by atoms with Crippen molar-refractivity contribution in [2.45, 2.75) is 79.9 Å². The fourth-order valence-corrected chi connectivity index (χ4v) is 7.80. The van der Waals surface area contributed by atoms with E-state index in [1.165, 1.54) is 7.11 Å². The van der Waals surface area contributed by atoms with Gasteiger partial charge in [-0.15, -0.1) is 0 Å². The fourth-order valence-electron chi connectivity index (χ4n) is 7.80. The predicted octanol–water partition coefficient (Wildman–Crippen LogP) is 7.92. The van der Waals surface area contributed by atoms with E-state index in [4.69, 9.17) is 13.9 Å². The Morgan fingerprint density at radius 3 is 2.17 bits per heavy atom. The maximum Gasteiger partial charge on any atom is 0.306 e. The largest absolute Gasteiger partial charge is 0.469 e. The molecule has 1 aliphatic heterocycles. The molecule has 11 heteroatoms. The lowest BCUT2D eigenvalue weighted by Gasteiger charge is -2.34. The van der Waals surface area contributed by atoms with Crippen LogP contribution in [0, 0.1) is 5.92 Å². The first-order valence-electron chi connectivity index (χ1n) is 21.3. The van der Waals surface area contributed by atoms with Gasteiger partial charge < -0.3 is 29.0 Å². The molecule has 2 aliphatic rings. The van der Waals surface area contributed by atoms with Crippen molar-refractivity contribution in [3.8, 4) is 22.5 Å². The van der Waals surface area contributed by atoms with E-state index in [2.05, 4.69) is 78.9 Å². The van der Waals surface area contributed by atoms with Crippen LogP contribution in [0.15, 0.2) is 95.4 Å². The molecule has 2 amide bonds. The summed E-state index contributed by atoms with van der Waals surface area (Å²) in [5, 5.41) is 4.87. The second kappa shape index (κ2) is 21.9. The lowest BCUT2D eigenvalue weighted by atomic mass is 9.89. The Balaban J connectivity index is 1.53. The van der Waals surface area contributed by atoms with Crippen molar-refractivity contribution in [3.05, 3.63) is 107 Å². The van der Waals surface area contributed by atoms with Gasteiger partial charge in [-0.25, -0.2) is 4.58 Å². The zero-order valence-corrected chi connectivity index (χ0v) is 36.3. The molecule has 11 nitrogen and oxygen atoms in total. The Kier molecular flexibility index (Phi) is 16.4. The molecule has 1 atom stereocenters. The van der Waals surface area contributed by atoms with Crippen LogP contribution in [0.2, 0.25) is 0 Å². The molecule has 1 unspecified atom stereocenters. The molecule has 60 heavy (non-hydrogen) atoms. The van der Waals surface area contributed by atoms with Crippen molar-refractivity contribution in [2.24, 2.45) is 5.92 Å². The van der Waals surface area contributed by atoms with Gasteiger partial charge in [-0.2, -0.15) is 0 Å². The second-order valence-electron chi connectivity index (χ2n) is 15.1. The van der Waals surface area contributed by atoms with Crippen LogP contribution in [0.5, 0.6) is 0 Å². The second-order valence-corrected chi connectivity index (χ2v) is 15.1.